The summed E-state index contributed by atoms with van der Waals surface area (Å²) in [7, 11) is 1.39. The van der Waals surface area contributed by atoms with E-state index in [4.69, 9.17) is 9.47 Å². The van der Waals surface area contributed by atoms with Crippen LogP contribution in [0.1, 0.15) is 44.9 Å². The topological polar surface area (TPSA) is 44.8 Å². The van der Waals surface area contributed by atoms with E-state index in [1.807, 2.05) is 6.08 Å². The normalized spacial score (nSPS) is 20.2. The number of carbonyl (C=O) groups is 1. The van der Waals surface area contributed by atoms with Crippen LogP contribution in [0.25, 0.3) is 0 Å². The fraction of sp³-hybridized carbons (Fsp3) is 0.786. The Bertz CT molecular complexity index is 244. The summed E-state index contributed by atoms with van der Waals surface area (Å²) in [5.41, 5.74) is 0. The molecule has 1 fully saturated rings. The Morgan fingerprint density at radius 3 is 2.94 bits per heavy atom. The Hall–Kier alpha value is -0.870. The Labute approximate surface area is 109 Å². The van der Waals surface area contributed by atoms with Crippen molar-refractivity contribution in [2.75, 3.05) is 20.3 Å². The highest BCUT2D eigenvalue weighted by Crippen LogP contribution is 2.14. The second kappa shape index (κ2) is 10.1. The predicted octanol–water partition coefficient (Wildman–Crippen LogP) is 2.82. The summed E-state index contributed by atoms with van der Waals surface area (Å²) in [5.74, 6) is -0.284. The summed E-state index contributed by atoms with van der Waals surface area (Å²) in [4.78, 5) is 10.8. The standard InChI is InChI=1S/C14H24O4/c1-16-13(15)9-5-3-2-4-7-11-17-14-10-6-8-12-18-14/h5,9,14H,2-4,6-8,10-12H2,1H3/b9-5+. The van der Waals surface area contributed by atoms with Crippen LogP contribution < -0.4 is 0 Å². The van der Waals surface area contributed by atoms with E-state index in [-0.39, 0.29) is 12.3 Å². The van der Waals surface area contributed by atoms with E-state index < -0.39 is 0 Å². The monoisotopic (exact) mass is 256 g/mol. The van der Waals surface area contributed by atoms with Crippen molar-refractivity contribution in [3.05, 3.63) is 12.2 Å². The van der Waals surface area contributed by atoms with Crippen LogP contribution in [0.5, 0.6) is 0 Å². The maximum Gasteiger partial charge on any atom is 0.330 e. The summed E-state index contributed by atoms with van der Waals surface area (Å²) in [6.45, 7) is 1.61. The number of allylic oxidation sites excluding steroid dienone is 1. The maximum absolute atomic E-state index is 10.8. The summed E-state index contributed by atoms with van der Waals surface area (Å²) in [6, 6.07) is 0. The van der Waals surface area contributed by atoms with E-state index in [1.54, 1.807) is 0 Å². The number of rotatable bonds is 8. The quantitative estimate of drug-likeness (QED) is 0.380. The summed E-state index contributed by atoms with van der Waals surface area (Å²) >= 11 is 0. The molecule has 0 aliphatic carbocycles. The van der Waals surface area contributed by atoms with Gasteiger partial charge in [-0.3, -0.25) is 0 Å². The van der Waals surface area contributed by atoms with Crippen LogP contribution in [0.3, 0.4) is 0 Å². The van der Waals surface area contributed by atoms with Crippen molar-refractivity contribution in [3.63, 3.8) is 0 Å². The average Bonchev–Trinajstić information content (AvgIpc) is 2.42. The van der Waals surface area contributed by atoms with E-state index in [0.29, 0.717) is 0 Å². The molecule has 1 aliphatic rings. The Balaban J connectivity index is 1.86. The van der Waals surface area contributed by atoms with Crippen LogP contribution in [0, 0.1) is 0 Å². The van der Waals surface area contributed by atoms with Crippen molar-refractivity contribution in [2.45, 2.75) is 51.2 Å². The third-order valence-corrected chi connectivity index (χ3v) is 2.91. The SMILES string of the molecule is COC(=O)/C=C/CCCCCOC1CCCCO1. The molecule has 0 N–H and O–H groups in total. The molecule has 4 nitrogen and oxygen atoms in total. The number of unbranched alkanes of at least 4 members (excludes halogenated alkanes) is 3. The summed E-state index contributed by atoms with van der Waals surface area (Å²) in [6.07, 6.45) is 10.9. The third kappa shape index (κ3) is 7.45. The minimum absolute atomic E-state index is 0.0259. The molecule has 1 heterocycles. The van der Waals surface area contributed by atoms with E-state index in [0.717, 1.165) is 51.7 Å². The zero-order chi connectivity index (χ0) is 13.1. The minimum atomic E-state index is -0.284. The van der Waals surface area contributed by atoms with Gasteiger partial charge in [-0.05, 0) is 38.5 Å². The van der Waals surface area contributed by atoms with Crippen LogP contribution in [-0.2, 0) is 19.0 Å². The highest BCUT2D eigenvalue weighted by Gasteiger charge is 2.12. The molecule has 1 aliphatic heterocycles. The molecule has 1 unspecified atom stereocenters. The minimum Gasteiger partial charge on any atom is -0.466 e. The lowest BCUT2D eigenvalue weighted by Crippen LogP contribution is -2.22. The Morgan fingerprint density at radius 1 is 1.33 bits per heavy atom. The van der Waals surface area contributed by atoms with Crippen LogP contribution in [-0.4, -0.2) is 32.6 Å². The molecule has 0 spiro atoms. The highest BCUT2D eigenvalue weighted by molar-refractivity contribution is 5.81. The first kappa shape index (κ1) is 15.2. The molecule has 0 radical (unpaired) electrons. The third-order valence-electron chi connectivity index (χ3n) is 2.91. The van der Waals surface area contributed by atoms with Crippen molar-refractivity contribution in [3.8, 4) is 0 Å². The lowest BCUT2D eigenvalue weighted by atomic mass is 10.2. The average molecular weight is 256 g/mol. The molecule has 4 heteroatoms. The van der Waals surface area contributed by atoms with Gasteiger partial charge in [-0.1, -0.05) is 12.5 Å². The molecule has 1 atom stereocenters. The fourth-order valence-electron chi connectivity index (χ4n) is 1.85. The molecular weight excluding hydrogens is 232 g/mol. The number of hydrogen-bond acceptors (Lipinski definition) is 4. The van der Waals surface area contributed by atoms with E-state index in [1.165, 1.54) is 19.6 Å². The number of hydrogen-bond donors (Lipinski definition) is 0. The molecule has 0 saturated carbocycles. The molecule has 0 amide bonds. The second-order valence-corrected chi connectivity index (χ2v) is 4.44. The number of esters is 1. The first-order valence-corrected chi connectivity index (χ1v) is 6.80. The van der Waals surface area contributed by atoms with Crippen LogP contribution in [0.15, 0.2) is 12.2 Å². The number of ether oxygens (including phenoxy) is 3. The van der Waals surface area contributed by atoms with Gasteiger partial charge < -0.3 is 14.2 Å². The van der Waals surface area contributed by atoms with Gasteiger partial charge in [-0.15, -0.1) is 0 Å². The first-order valence-electron chi connectivity index (χ1n) is 6.80. The van der Waals surface area contributed by atoms with Gasteiger partial charge in [0.05, 0.1) is 7.11 Å². The molecule has 0 aromatic carbocycles. The van der Waals surface area contributed by atoms with Gasteiger partial charge in [0, 0.05) is 19.3 Å². The molecule has 0 bridgehead atoms. The predicted molar refractivity (Wildman–Crippen MR) is 69.2 cm³/mol. The van der Waals surface area contributed by atoms with E-state index >= 15 is 0 Å². The molecular formula is C14H24O4. The molecule has 0 aromatic heterocycles. The van der Waals surface area contributed by atoms with Crippen LogP contribution >= 0.6 is 0 Å². The van der Waals surface area contributed by atoms with Crippen molar-refractivity contribution in [1.29, 1.82) is 0 Å². The van der Waals surface area contributed by atoms with Crippen molar-refractivity contribution < 1.29 is 19.0 Å². The van der Waals surface area contributed by atoms with Gasteiger partial charge in [0.1, 0.15) is 0 Å². The lowest BCUT2D eigenvalue weighted by molar-refractivity contribution is -0.162. The number of methoxy groups -OCH3 is 1. The van der Waals surface area contributed by atoms with E-state index in [2.05, 4.69) is 4.74 Å². The lowest BCUT2D eigenvalue weighted by Gasteiger charge is -2.22. The van der Waals surface area contributed by atoms with Crippen LogP contribution in [0.2, 0.25) is 0 Å². The second-order valence-electron chi connectivity index (χ2n) is 4.44. The van der Waals surface area contributed by atoms with Crippen molar-refractivity contribution in [1.82, 2.24) is 0 Å². The maximum atomic E-state index is 10.8. The first-order chi connectivity index (χ1) is 8.83. The molecule has 0 aromatic rings. The van der Waals surface area contributed by atoms with Crippen molar-refractivity contribution in [2.24, 2.45) is 0 Å². The zero-order valence-corrected chi connectivity index (χ0v) is 11.2. The number of carbonyl (C=O) groups excluding carboxylic acids is 1. The van der Waals surface area contributed by atoms with Gasteiger partial charge in [0.25, 0.3) is 0 Å². The van der Waals surface area contributed by atoms with Gasteiger partial charge in [0.2, 0.25) is 0 Å². The smallest absolute Gasteiger partial charge is 0.330 e. The summed E-state index contributed by atoms with van der Waals surface area (Å²) < 4.78 is 15.6. The van der Waals surface area contributed by atoms with Gasteiger partial charge in [0.15, 0.2) is 6.29 Å². The van der Waals surface area contributed by atoms with E-state index in [9.17, 15) is 4.79 Å². The van der Waals surface area contributed by atoms with Gasteiger partial charge in [-0.2, -0.15) is 0 Å². The largest absolute Gasteiger partial charge is 0.466 e. The highest BCUT2D eigenvalue weighted by atomic mass is 16.7. The van der Waals surface area contributed by atoms with Gasteiger partial charge in [-0.25, -0.2) is 4.79 Å². The fourth-order valence-corrected chi connectivity index (χ4v) is 1.85. The zero-order valence-electron chi connectivity index (χ0n) is 11.2. The molecule has 1 rings (SSSR count). The Kier molecular flexibility index (Phi) is 8.51. The Morgan fingerprint density at radius 2 is 2.22 bits per heavy atom. The summed E-state index contributed by atoms with van der Waals surface area (Å²) in [5, 5.41) is 0. The van der Waals surface area contributed by atoms with Gasteiger partial charge >= 0.3 is 5.97 Å². The van der Waals surface area contributed by atoms with Crippen LogP contribution in [0.4, 0.5) is 0 Å². The molecule has 104 valence electrons. The molecule has 18 heavy (non-hydrogen) atoms. The van der Waals surface area contributed by atoms with Crippen molar-refractivity contribution >= 4 is 5.97 Å². The molecule has 1 saturated heterocycles.